The highest BCUT2D eigenvalue weighted by Gasteiger charge is 2.50. The Bertz CT molecular complexity index is 723. The fraction of sp³-hybridized carbons (Fsp3) is 0.814. The van der Waals surface area contributed by atoms with Gasteiger partial charge in [0.1, 0.15) is 0 Å². The molecule has 2 heteroatoms. The van der Waals surface area contributed by atoms with E-state index < -0.39 is 0 Å². The third kappa shape index (κ3) is 20.0. The molecule has 3 atom stereocenters. The maximum Gasteiger partial charge on any atom is 0.169 e. The summed E-state index contributed by atoms with van der Waals surface area (Å²) in [5.41, 5.74) is 0. The standard InChI is InChI=1S/C43H76O2/c1-4-7-9-11-13-15-17-19-21-23-25-27-29-31-33-35-41-42(45-43(44-41)38-37-40(6-3)39-43)36-34-32-30-28-26-24-22-20-18-16-14-12-10-8-5-2/h13-16,19-22,40-42H,4-12,17-18,23-39H2,1-3H3/b15-13-,16-14-,21-19-,22-20-. The number of ether oxygens (including phenoxy) is 2. The van der Waals surface area contributed by atoms with Crippen LogP contribution in [0.4, 0.5) is 0 Å². The Balaban J connectivity index is 1.54. The van der Waals surface area contributed by atoms with E-state index in [2.05, 4.69) is 69.4 Å². The summed E-state index contributed by atoms with van der Waals surface area (Å²) in [6, 6.07) is 0. The third-order valence-electron chi connectivity index (χ3n) is 10.1. The molecule has 0 radical (unpaired) electrons. The lowest BCUT2D eigenvalue weighted by molar-refractivity contribution is -0.172. The van der Waals surface area contributed by atoms with Crippen molar-refractivity contribution in [1.29, 1.82) is 0 Å². The number of unbranched alkanes of at least 4 members (excludes halogenated alkanes) is 16. The van der Waals surface area contributed by atoms with Gasteiger partial charge in [-0.2, -0.15) is 0 Å². The van der Waals surface area contributed by atoms with Crippen LogP contribution in [0.25, 0.3) is 0 Å². The van der Waals surface area contributed by atoms with Crippen LogP contribution in [0.15, 0.2) is 48.6 Å². The van der Waals surface area contributed by atoms with Crippen molar-refractivity contribution in [2.45, 2.75) is 219 Å². The molecule has 0 aromatic carbocycles. The molecule has 2 aliphatic rings. The second-order valence-electron chi connectivity index (χ2n) is 14.3. The van der Waals surface area contributed by atoms with Gasteiger partial charge in [0.05, 0.1) is 12.2 Å². The number of hydrogen-bond acceptors (Lipinski definition) is 2. The van der Waals surface area contributed by atoms with Crippen LogP contribution >= 0.6 is 0 Å². The van der Waals surface area contributed by atoms with Crippen molar-refractivity contribution < 1.29 is 9.47 Å². The van der Waals surface area contributed by atoms with E-state index in [4.69, 9.17) is 9.47 Å². The summed E-state index contributed by atoms with van der Waals surface area (Å²) in [6.45, 7) is 6.87. The summed E-state index contributed by atoms with van der Waals surface area (Å²) in [6.07, 6.45) is 55.2. The van der Waals surface area contributed by atoms with Crippen LogP contribution in [0.3, 0.4) is 0 Å². The van der Waals surface area contributed by atoms with Crippen molar-refractivity contribution in [3.05, 3.63) is 48.6 Å². The van der Waals surface area contributed by atoms with Gasteiger partial charge in [0.25, 0.3) is 0 Å². The van der Waals surface area contributed by atoms with E-state index >= 15 is 0 Å². The van der Waals surface area contributed by atoms with Crippen LogP contribution in [0.5, 0.6) is 0 Å². The number of rotatable bonds is 29. The predicted molar refractivity (Wildman–Crippen MR) is 199 cm³/mol. The smallest absolute Gasteiger partial charge is 0.169 e. The second kappa shape index (κ2) is 27.9. The molecule has 1 spiro atoms. The molecule has 260 valence electrons. The Morgan fingerprint density at radius 2 is 0.889 bits per heavy atom. The maximum absolute atomic E-state index is 6.80. The van der Waals surface area contributed by atoms with Crippen LogP contribution in [0, 0.1) is 5.92 Å². The molecule has 1 saturated heterocycles. The Labute approximate surface area is 282 Å². The molecule has 2 fully saturated rings. The van der Waals surface area contributed by atoms with Gasteiger partial charge in [-0.3, -0.25) is 0 Å². The van der Waals surface area contributed by atoms with Gasteiger partial charge in [-0.05, 0) is 89.4 Å². The average Bonchev–Trinajstić information content (AvgIpc) is 3.62. The van der Waals surface area contributed by atoms with Crippen LogP contribution in [-0.4, -0.2) is 18.0 Å². The fourth-order valence-electron chi connectivity index (χ4n) is 7.17. The topological polar surface area (TPSA) is 18.5 Å². The minimum Gasteiger partial charge on any atom is -0.344 e. The lowest BCUT2D eigenvalue weighted by atomic mass is 9.99. The molecule has 1 aliphatic carbocycles. The molecule has 0 amide bonds. The molecule has 1 aliphatic heterocycles. The minimum absolute atomic E-state index is 0.246. The fourth-order valence-corrected chi connectivity index (χ4v) is 7.17. The Hall–Kier alpha value is -1.12. The van der Waals surface area contributed by atoms with Crippen molar-refractivity contribution in [2.24, 2.45) is 5.92 Å². The monoisotopic (exact) mass is 625 g/mol. The minimum atomic E-state index is -0.246. The lowest BCUT2D eigenvalue weighted by Crippen LogP contribution is -2.27. The molecule has 0 N–H and O–H groups in total. The van der Waals surface area contributed by atoms with E-state index in [0.29, 0.717) is 12.2 Å². The van der Waals surface area contributed by atoms with Crippen molar-refractivity contribution in [2.75, 3.05) is 0 Å². The first-order valence-corrected chi connectivity index (χ1v) is 20.2. The maximum atomic E-state index is 6.80. The second-order valence-corrected chi connectivity index (χ2v) is 14.3. The average molecular weight is 625 g/mol. The number of allylic oxidation sites excluding steroid dienone is 8. The molecule has 0 bridgehead atoms. The molecule has 0 aromatic heterocycles. The Kier molecular flexibility index (Phi) is 24.9. The van der Waals surface area contributed by atoms with Gasteiger partial charge in [-0.25, -0.2) is 0 Å². The van der Waals surface area contributed by atoms with E-state index in [1.165, 1.54) is 154 Å². The molecule has 1 saturated carbocycles. The van der Waals surface area contributed by atoms with Crippen LogP contribution < -0.4 is 0 Å². The number of hydrogen-bond donors (Lipinski definition) is 0. The molecular weight excluding hydrogens is 548 g/mol. The normalized spacial score (nSPS) is 23.8. The van der Waals surface area contributed by atoms with Gasteiger partial charge in [0, 0.05) is 12.8 Å². The zero-order valence-corrected chi connectivity index (χ0v) is 30.5. The molecule has 45 heavy (non-hydrogen) atoms. The molecule has 0 aromatic rings. The largest absolute Gasteiger partial charge is 0.344 e. The van der Waals surface area contributed by atoms with Gasteiger partial charge >= 0.3 is 0 Å². The van der Waals surface area contributed by atoms with Crippen LogP contribution in [0.1, 0.15) is 201 Å². The summed E-state index contributed by atoms with van der Waals surface area (Å²) >= 11 is 0. The first-order chi connectivity index (χ1) is 22.2. The quantitative estimate of drug-likeness (QED) is 0.0609. The van der Waals surface area contributed by atoms with Crippen molar-refractivity contribution >= 4 is 0 Å². The van der Waals surface area contributed by atoms with Crippen molar-refractivity contribution in [3.8, 4) is 0 Å². The SMILES string of the molecule is CCCCC/C=C\C/C=C\CCCCCCCC1OC2(CCC(CC)C2)OC1CCCCCCC/C=C\C/C=C\CCCCC. The van der Waals surface area contributed by atoms with Crippen LogP contribution in [-0.2, 0) is 9.47 Å². The van der Waals surface area contributed by atoms with Gasteiger partial charge in [0.2, 0.25) is 0 Å². The molecular formula is C43H76O2. The summed E-state index contributed by atoms with van der Waals surface area (Å²) in [7, 11) is 0. The van der Waals surface area contributed by atoms with Crippen molar-refractivity contribution in [3.63, 3.8) is 0 Å². The van der Waals surface area contributed by atoms with Gasteiger partial charge in [-0.15, -0.1) is 0 Å². The highest BCUT2D eigenvalue weighted by molar-refractivity contribution is 4.94. The Morgan fingerprint density at radius 3 is 1.29 bits per heavy atom. The highest BCUT2D eigenvalue weighted by Crippen LogP contribution is 2.47. The molecule has 1 heterocycles. The lowest BCUT2D eigenvalue weighted by Gasteiger charge is -2.23. The zero-order chi connectivity index (χ0) is 32.1. The van der Waals surface area contributed by atoms with E-state index in [1.807, 2.05) is 0 Å². The first-order valence-electron chi connectivity index (χ1n) is 20.2. The molecule has 3 unspecified atom stereocenters. The summed E-state index contributed by atoms with van der Waals surface area (Å²) < 4.78 is 13.6. The van der Waals surface area contributed by atoms with Gasteiger partial charge in [0.15, 0.2) is 5.79 Å². The van der Waals surface area contributed by atoms with Gasteiger partial charge in [-0.1, -0.05) is 153 Å². The summed E-state index contributed by atoms with van der Waals surface area (Å²) in [5, 5.41) is 0. The first kappa shape index (κ1) is 40.1. The van der Waals surface area contributed by atoms with E-state index in [1.54, 1.807) is 0 Å². The highest BCUT2D eigenvalue weighted by atomic mass is 16.8. The van der Waals surface area contributed by atoms with E-state index in [0.717, 1.165) is 31.6 Å². The van der Waals surface area contributed by atoms with E-state index in [9.17, 15) is 0 Å². The summed E-state index contributed by atoms with van der Waals surface area (Å²) in [5.74, 6) is 0.542. The van der Waals surface area contributed by atoms with Crippen LogP contribution in [0.2, 0.25) is 0 Å². The van der Waals surface area contributed by atoms with Gasteiger partial charge < -0.3 is 9.47 Å². The van der Waals surface area contributed by atoms with Crippen molar-refractivity contribution in [1.82, 2.24) is 0 Å². The predicted octanol–water partition coefficient (Wildman–Crippen LogP) is 14.3. The zero-order valence-electron chi connectivity index (χ0n) is 30.5. The molecule has 2 rings (SSSR count). The third-order valence-corrected chi connectivity index (χ3v) is 10.1. The Morgan fingerprint density at radius 1 is 0.489 bits per heavy atom. The molecule has 2 nitrogen and oxygen atoms in total. The van der Waals surface area contributed by atoms with E-state index in [-0.39, 0.29) is 5.79 Å². The summed E-state index contributed by atoms with van der Waals surface area (Å²) in [4.78, 5) is 0.